The Kier molecular flexibility index (Phi) is 5.70. The number of anilines is 2. The predicted molar refractivity (Wildman–Crippen MR) is 94.5 cm³/mol. The molecule has 0 aromatic carbocycles. The van der Waals surface area contributed by atoms with Crippen molar-refractivity contribution in [2.75, 3.05) is 17.7 Å². The van der Waals surface area contributed by atoms with Crippen molar-refractivity contribution in [3.8, 4) is 0 Å². The van der Waals surface area contributed by atoms with E-state index in [0.29, 0.717) is 30.3 Å². The van der Waals surface area contributed by atoms with Gasteiger partial charge in [0.15, 0.2) is 0 Å². The molecule has 0 spiro atoms. The van der Waals surface area contributed by atoms with Gasteiger partial charge in [-0.05, 0) is 44.9 Å². The highest BCUT2D eigenvalue weighted by molar-refractivity contribution is 5.97. The number of carbonyl (C=O) groups is 1. The van der Waals surface area contributed by atoms with Crippen LogP contribution in [-0.4, -0.2) is 52.4 Å². The molecule has 2 saturated carbocycles. The van der Waals surface area contributed by atoms with Gasteiger partial charge in [-0.2, -0.15) is 4.98 Å². The van der Waals surface area contributed by atoms with E-state index in [0.717, 1.165) is 38.5 Å². The van der Waals surface area contributed by atoms with Crippen LogP contribution in [0, 0.1) is 0 Å². The molecule has 1 heterocycles. The molecule has 8 nitrogen and oxygen atoms in total. The van der Waals surface area contributed by atoms with Crippen LogP contribution in [0.25, 0.3) is 0 Å². The molecule has 2 aliphatic carbocycles. The van der Waals surface area contributed by atoms with E-state index in [1.165, 1.54) is 6.20 Å². The maximum atomic E-state index is 11.6. The third-order valence-electron chi connectivity index (χ3n) is 5.14. The molecule has 2 fully saturated rings. The molecule has 1 amide bonds. The topological polar surface area (TPSA) is 122 Å². The first-order chi connectivity index (χ1) is 12.0. The van der Waals surface area contributed by atoms with Gasteiger partial charge in [-0.15, -0.1) is 0 Å². The van der Waals surface area contributed by atoms with E-state index in [-0.39, 0.29) is 17.7 Å². The Morgan fingerprint density at radius 2 is 1.92 bits per heavy atom. The Balaban J connectivity index is 1.68. The normalized spacial score (nSPS) is 29.4. The van der Waals surface area contributed by atoms with Crippen molar-refractivity contribution in [1.29, 1.82) is 0 Å². The number of hydrogen-bond donors (Lipinski definition) is 4. The summed E-state index contributed by atoms with van der Waals surface area (Å²) in [5.74, 6) is 0.370. The lowest BCUT2D eigenvalue weighted by atomic mass is 9.93. The second-order valence-electron chi connectivity index (χ2n) is 6.98. The van der Waals surface area contributed by atoms with Crippen LogP contribution in [0.2, 0.25) is 0 Å². The quantitative estimate of drug-likeness (QED) is 0.610. The summed E-state index contributed by atoms with van der Waals surface area (Å²) in [5.41, 5.74) is 5.71. The molecule has 5 N–H and O–H groups in total. The van der Waals surface area contributed by atoms with Gasteiger partial charge in [0, 0.05) is 25.4 Å². The fourth-order valence-electron chi connectivity index (χ4n) is 3.65. The van der Waals surface area contributed by atoms with Crippen LogP contribution < -0.4 is 16.4 Å². The molecular formula is C17H27N5O3. The minimum atomic E-state index is -0.562. The Morgan fingerprint density at radius 1 is 1.20 bits per heavy atom. The minimum Gasteiger partial charge on any atom is -0.393 e. The summed E-state index contributed by atoms with van der Waals surface area (Å²) in [5, 5.41) is 16.3. The summed E-state index contributed by atoms with van der Waals surface area (Å²) < 4.78 is 5.39. The Bertz CT molecular complexity index is 604. The third kappa shape index (κ3) is 4.58. The third-order valence-corrected chi connectivity index (χ3v) is 5.14. The van der Waals surface area contributed by atoms with Gasteiger partial charge in [-0.3, -0.25) is 4.79 Å². The maximum absolute atomic E-state index is 11.6. The molecule has 1 aromatic rings. The van der Waals surface area contributed by atoms with E-state index in [1.807, 2.05) is 0 Å². The number of rotatable bonds is 6. The van der Waals surface area contributed by atoms with Gasteiger partial charge in [0.25, 0.3) is 5.91 Å². The van der Waals surface area contributed by atoms with Crippen molar-refractivity contribution in [3.63, 3.8) is 0 Å². The van der Waals surface area contributed by atoms with Crippen molar-refractivity contribution >= 4 is 17.7 Å². The molecule has 2 atom stereocenters. The van der Waals surface area contributed by atoms with Crippen molar-refractivity contribution in [3.05, 3.63) is 11.8 Å². The zero-order valence-electron chi connectivity index (χ0n) is 14.6. The zero-order chi connectivity index (χ0) is 17.8. The molecule has 2 aliphatic rings. The van der Waals surface area contributed by atoms with E-state index in [4.69, 9.17) is 10.5 Å². The van der Waals surface area contributed by atoms with Gasteiger partial charge in [0.2, 0.25) is 5.95 Å². The number of aromatic nitrogens is 2. The van der Waals surface area contributed by atoms with E-state index in [9.17, 15) is 9.90 Å². The fourth-order valence-corrected chi connectivity index (χ4v) is 3.65. The van der Waals surface area contributed by atoms with Crippen LogP contribution >= 0.6 is 0 Å². The number of aliphatic hydroxyl groups is 1. The number of aliphatic hydroxyl groups excluding tert-OH is 1. The van der Waals surface area contributed by atoms with Crippen molar-refractivity contribution in [2.45, 2.75) is 69.2 Å². The molecule has 8 heteroatoms. The van der Waals surface area contributed by atoms with Crippen molar-refractivity contribution in [1.82, 2.24) is 9.97 Å². The molecule has 138 valence electrons. The second-order valence-corrected chi connectivity index (χ2v) is 6.98. The number of nitrogens with one attached hydrogen (secondary N) is 2. The van der Waals surface area contributed by atoms with Gasteiger partial charge in [-0.1, -0.05) is 0 Å². The predicted octanol–water partition coefficient (Wildman–Crippen LogP) is 1.27. The smallest absolute Gasteiger partial charge is 0.254 e. The van der Waals surface area contributed by atoms with Gasteiger partial charge >= 0.3 is 0 Å². The largest absolute Gasteiger partial charge is 0.393 e. The first kappa shape index (κ1) is 17.9. The molecule has 25 heavy (non-hydrogen) atoms. The number of nitrogens with two attached hydrogens (primary N) is 1. The lowest BCUT2D eigenvalue weighted by Gasteiger charge is -2.28. The highest BCUT2D eigenvalue weighted by Gasteiger charge is 2.25. The molecule has 0 saturated heterocycles. The van der Waals surface area contributed by atoms with Crippen LogP contribution in [-0.2, 0) is 4.74 Å². The van der Waals surface area contributed by atoms with Crippen molar-refractivity contribution < 1.29 is 14.6 Å². The Morgan fingerprint density at radius 3 is 2.52 bits per heavy atom. The number of amides is 1. The van der Waals surface area contributed by atoms with E-state index >= 15 is 0 Å². The number of carbonyl (C=O) groups excluding carboxylic acids is 1. The van der Waals surface area contributed by atoms with Gasteiger partial charge in [-0.25, -0.2) is 4.98 Å². The molecule has 0 radical (unpaired) electrons. The number of methoxy groups -OCH3 is 1. The number of ether oxygens (including phenoxy) is 1. The van der Waals surface area contributed by atoms with Gasteiger partial charge in [0.05, 0.1) is 17.8 Å². The van der Waals surface area contributed by atoms with E-state index < -0.39 is 5.91 Å². The summed E-state index contributed by atoms with van der Waals surface area (Å²) in [6.45, 7) is 0. The van der Waals surface area contributed by atoms with Crippen molar-refractivity contribution in [2.24, 2.45) is 5.73 Å². The monoisotopic (exact) mass is 349 g/mol. The fraction of sp³-hybridized carbons (Fsp3) is 0.706. The second kappa shape index (κ2) is 7.97. The number of primary amides is 1. The summed E-state index contributed by atoms with van der Waals surface area (Å²) >= 11 is 0. The highest BCUT2D eigenvalue weighted by Crippen LogP contribution is 2.26. The summed E-state index contributed by atoms with van der Waals surface area (Å²) in [6, 6.07) is 0.389. The number of hydrogen-bond acceptors (Lipinski definition) is 7. The van der Waals surface area contributed by atoms with Crippen LogP contribution in [0.4, 0.5) is 11.8 Å². The lowest BCUT2D eigenvalue weighted by molar-refractivity contribution is 0.0681. The minimum absolute atomic E-state index is 0.0907. The average Bonchev–Trinajstić information content (AvgIpc) is 3.00. The van der Waals surface area contributed by atoms with Crippen LogP contribution in [0.1, 0.15) is 55.3 Å². The van der Waals surface area contributed by atoms with Crippen LogP contribution in [0.15, 0.2) is 6.20 Å². The van der Waals surface area contributed by atoms with E-state index in [2.05, 4.69) is 20.6 Å². The molecule has 0 bridgehead atoms. The lowest BCUT2D eigenvalue weighted by Crippen LogP contribution is -2.30. The summed E-state index contributed by atoms with van der Waals surface area (Å²) in [7, 11) is 1.75. The number of nitrogens with zero attached hydrogens (tertiary/aromatic N) is 2. The van der Waals surface area contributed by atoms with E-state index in [1.54, 1.807) is 7.11 Å². The highest BCUT2D eigenvalue weighted by atomic mass is 16.5. The average molecular weight is 349 g/mol. The molecule has 1 aromatic heterocycles. The Hall–Kier alpha value is -1.93. The molecule has 0 aliphatic heterocycles. The zero-order valence-corrected chi connectivity index (χ0v) is 14.6. The first-order valence-corrected chi connectivity index (χ1v) is 8.96. The summed E-state index contributed by atoms with van der Waals surface area (Å²) in [4.78, 5) is 20.4. The first-order valence-electron chi connectivity index (χ1n) is 8.96. The molecule has 2 unspecified atom stereocenters. The Labute approximate surface area is 147 Å². The van der Waals surface area contributed by atoms with Gasteiger partial charge in [0.1, 0.15) is 5.82 Å². The van der Waals surface area contributed by atoms with Crippen LogP contribution in [0.3, 0.4) is 0 Å². The van der Waals surface area contributed by atoms with Crippen LogP contribution in [0.5, 0.6) is 0 Å². The van der Waals surface area contributed by atoms with Gasteiger partial charge < -0.3 is 26.2 Å². The molecular weight excluding hydrogens is 322 g/mol. The molecule has 3 rings (SSSR count). The standard InChI is InChI=1S/C17H27N5O3/c1-25-13-6-3-10(4-7-13)21-17-19-9-14(15(18)24)16(22-17)20-11-2-5-12(23)8-11/h9-13,23H,2-8H2,1H3,(H2,18,24)(H2,19,20,21,22)/t10-,11?,12?,13-. The summed E-state index contributed by atoms with van der Waals surface area (Å²) in [6.07, 6.45) is 7.76. The maximum Gasteiger partial charge on any atom is 0.254 e. The SMILES string of the molecule is CO[C@H]1CC[C@H](Nc2ncc(C(N)=O)c(NC3CCC(O)C3)n2)CC1.